The van der Waals surface area contributed by atoms with Crippen LogP contribution in [0.5, 0.6) is 0 Å². The lowest BCUT2D eigenvalue weighted by Crippen LogP contribution is -2.40. The molecule has 0 aromatic heterocycles. The van der Waals surface area contributed by atoms with E-state index in [1.165, 1.54) is 5.56 Å². The molecule has 0 saturated carbocycles. The lowest BCUT2D eigenvalue weighted by molar-refractivity contribution is 0.0514. The van der Waals surface area contributed by atoms with Crippen LogP contribution in [0.25, 0.3) is 0 Å². The zero-order chi connectivity index (χ0) is 17.5. The molecule has 0 bridgehead atoms. The van der Waals surface area contributed by atoms with E-state index in [9.17, 15) is 4.79 Å². The smallest absolute Gasteiger partial charge is 0.407 e. The molecule has 0 saturated heterocycles. The van der Waals surface area contributed by atoms with Crippen molar-refractivity contribution in [1.29, 1.82) is 0 Å². The van der Waals surface area contributed by atoms with Gasteiger partial charge in [0.2, 0.25) is 0 Å². The number of benzene rings is 1. The van der Waals surface area contributed by atoms with E-state index >= 15 is 0 Å². The zero-order valence-corrected chi connectivity index (χ0v) is 15.3. The average molecular weight is 320 g/mol. The second-order valence-corrected chi connectivity index (χ2v) is 7.43. The van der Waals surface area contributed by atoms with Gasteiger partial charge in [-0.15, -0.1) is 0 Å². The van der Waals surface area contributed by atoms with Crippen LogP contribution >= 0.6 is 0 Å². The second kappa shape index (κ2) is 8.92. The lowest BCUT2D eigenvalue weighted by atomic mass is 9.95. The standard InChI is InChI=1S/C19H32N2O2/c1-14(2)17(13-21-18(22)23-19(4,5)6)12-20-15(3)16-10-8-7-9-11-16/h7-11,14-15,17,20H,12-13H2,1-6H3,(H,21,22). The van der Waals surface area contributed by atoms with Gasteiger partial charge in [0, 0.05) is 19.1 Å². The first-order valence-corrected chi connectivity index (χ1v) is 8.44. The molecule has 130 valence electrons. The normalized spacial score (nSPS) is 14.4. The summed E-state index contributed by atoms with van der Waals surface area (Å²) < 4.78 is 5.29. The van der Waals surface area contributed by atoms with Crippen LogP contribution in [0.3, 0.4) is 0 Å². The van der Waals surface area contributed by atoms with E-state index in [1.807, 2.05) is 26.8 Å². The minimum absolute atomic E-state index is 0.291. The molecule has 23 heavy (non-hydrogen) atoms. The molecule has 1 aromatic rings. The van der Waals surface area contributed by atoms with Crippen molar-refractivity contribution in [3.8, 4) is 0 Å². The summed E-state index contributed by atoms with van der Waals surface area (Å²) in [5, 5.41) is 6.44. The number of carbonyl (C=O) groups is 1. The first kappa shape index (κ1) is 19.5. The summed E-state index contributed by atoms with van der Waals surface area (Å²) in [7, 11) is 0. The Morgan fingerprint density at radius 2 is 1.70 bits per heavy atom. The van der Waals surface area contributed by atoms with Gasteiger partial charge < -0.3 is 15.4 Å². The molecule has 0 radical (unpaired) electrons. The maximum Gasteiger partial charge on any atom is 0.407 e. The molecule has 0 aliphatic heterocycles. The van der Waals surface area contributed by atoms with E-state index in [0.717, 1.165) is 6.54 Å². The summed E-state index contributed by atoms with van der Waals surface area (Å²) >= 11 is 0. The average Bonchev–Trinajstić information content (AvgIpc) is 2.45. The van der Waals surface area contributed by atoms with E-state index in [-0.39, 0.29) is 6.09 Å². The third-order valence-electron chi connectivity index (χ3n) is 3.84. The number of alkyl carbamates (subject to hydrolysis) is 1. The second-order valence-electron chi connectivity index (χ2n) is 7.43. The van der Waals surface area contributed by atoms with Crippen LogP contribution in [0.15, 0.2) is 30.3 Å². The molecular formula is C19H32N2O2. The topological polar surface area (TPSA) is 50.4 Å². The number of amides is 1. The Kier molecular flexibility index (Phi) is 7.56. The number of rotatable bonds is 7. The van der Waals surface area contributed by atoms with Crippen molar-refractivity contribution in [3.05, 3.63) is 35.9 Å². The van der Waals surface area contributed by atoms with Crippen LogP contribution in [0.4, 0.5) is 4.79 Å². The summed E-state index contributed by atoms with van der Waals surface area (Å²) in [6, 6.07) is 10.7. The van der Waals surface area contributed by atoms with Crippen LogP contribution < -0.4 is 10.6 Å². The van der Waals surface area contributed by atoms with Crippen molar-refractivity contribution in [2.75, 3.05) is 13.1 Å². The first-order valence-electron chi connectivity index (χ1n) is 8.44. The van der Waals surface area contributed by atoms with Gasteiger partial charge in [-0.2, -0.15) is 0 Å². The van der Waals surface area contributed by atoms with Crippen LogP contribution in [-0.4, -0.2) is 24.8 Å². The van der Waals surface area contributed by atoms with Crippen molar-refractivity contribution in [1.82, 2.24) is 10.6 Å². The number of carbonyl (C=O) groups excluding carboxylic acids is 1. The highest BCUT2D eigenvalue weighted by molar-refractivity contribution is 5.67. The third kappa shape index (κ3) is 8.03. The van der Waals surface area contributed by atoms with Gasteiger partial charge in [-0.1, -0.05) is 44.2 Å². The third-order valence-corrected chi connectivity index (χ3v) is 3.84. The van der Waals surface area contributed by atoms with Crippen LogP contribution in [0.1, 0.15) is 53.1 Å². The SMILES string of the molecule is CC(NCC(CNC(=O)OC(C)(C)C)C(C)C)c1ccccc1. The van der Waals surface area contributed by atoms with Gasteiger partial charge in [0.05, 0.1) is 0 Å². The Bertz CT molecular complexity index is 466. The monoisotopic (exact) mass is 320 g/mol. The van der Waals surface area contributed by atoms with Crippen LogP contribution in [-0.2, 0) is 4.74 Å². The van der Waals surface area contributed by atoms with Gasteiger partial charge in [0.25, 0.3) is 0 Å². The number of hydrogen-bond donors (Lipinski definition) is 2. The van der Waals surface area contributed by atoms with E-state index in [2.05, 4.69) is 55.7 Å². The quantitative estimate of drug-likeness (QED) is 0.794. The van der Waals surface area contributed by atoms with Crippen molar-refractivity contribution in [2.24, 2.45) is 11.8 Å². The number of ether oxygens (including phenoxy) is 1. The molecule has 2 atom stereocenters. The van der Waals surface area contributed by atoms with E-state index < -0.39 is 5.60 Å². The molecule has 4 nitrogen and oxygen atoms in total. The summed E-state index contributed by atoms with van der Waals surface area (Å²) in [4.78, 5) is 11.8. The van der Waals surface area contributed by atoms with E-state index in [1.54, 1.807) is 0 Å². The lowest BCUT2D eigenvalue weighted by Gasteiger charge is -2.25. The van der Waals surface area contributed by atoms with Crippen molar-refractivity contribution >= 4 is 6.09 Å². The fraction of sp³-hybridized carbons (Fsp3) is 0.632. The molecule has 0 aliphatic carbocycles. The van der Waals surface area contributed by atoms with E-state index in [0.29, 0.717) is 24.4 Å². The minimum atomic E-state index is -0.461. The molecule has 1 rings (SSSR count). The fourth-order valence-electron chi connectivity index (χ4n) is 2.26. The van der Waals surface area contributed by atoms with E-state index in [4.69, 9.17) is 4.74 Å². The molecule has 0 heterocycles. The minimum Gasteiger partial charge on any atom is -0.444 e. The Morgan fingerprint density at radius 3 is 2.22 bits per heavy atom. The van der Waals surface area contributed by atoms with Gasteiger partial charge in [-0.05, 0) is 45.1 Å². The number of nitrogens with one attached hydrogen (secondary N) is 2. The van der Waals surface area contributed by atoms with Crippen molar-refractivity contribution in [3.63, 3.8) is 0 Å². The predicted octanol–water partition coefficient (Wildman–Crippen LogP) is 4.13. The van der Waals surface area contributed by atoms with Gasteiger partial charge >= 0.3 is 6.09 Å². The summed E-state index contributed by atoms with van der Waals surface area (Å²) in [5.41, 5.74) is 0.812. The van der Waals surface area contributed by atoms with Crippen molar-refractivity contribution < 1.29 is 9.53 Å². The maximum atomic E-state index is 11.8. The Balaban J connectivity index is 2.45. The van der Waals surface area contributed by atoms with Crippen molar-refractivity contribution in [2.45, 2.75) is 53.2 Å². The summed E-state index contributed by atoms with van der Waals surface area (Å²) in [6.07, 6.45) is -0.348. The highest BCUT2D eigenvalue weighted by Crippen LogP contribution is 2.15. The van der Waals surface area contributed by atoms with Gasteiger partial charge in [-0.3, -0.25) is 0 Å². The predicted molar refractivity (Wildman–Crippen MR) is 95.4 cm³/mol. The summed E-state index contributed by atoms with van der Waals surface area (Å²) in [5.74, 6) is 0.828. The molecule has 1 amide bonds. The Hall–Kier alpha value is -1.55. The maximum absolute atomic E-state index is 11.8. The largest absolute Gasteiger partial charge is 0.444 e. The molecule has 1 aromatic carbocycles. The molecule has 2 unspecified atom stereocenters. The Labute approximate surface area is 141 Å². The first-order chi connectivity index (χ1) is 10.7. The van der Waals surface area contributed by atoms with Gasteiger partial charge in [0.1, 0.15) is 5.60 Å². The summed E-state index contributed by atoms with van der Waals surface area (Å²) in [6.45, 7) is 13.6. The number of hydrogen-bond acceptors (Lipinski definition) is 3. The van der Waals surface area contributed by atoms with Gasteiger partial charge in [-0.25, -0.2) is 4.79 Å². The zero-order valence-electron chi connectivity index (χ0n) is 15.3. The molecule has 0 fully saturated rings. The molecule has 0 spiro atoms. The highest BCUT2D eigenvalue weighted by Gasteiger charge is 2.19. The molecule has 4 heteroatoms. The van der Waals surface area contributed by atoms with Crippen LogP contribution in [0.2, 0.25) is 0 Å². The molecule has 0 aliphatic rings. The molecular weight excluding hydrogens is 288 g/mol. The fourth-order valence-corrected chi connectivity index (χ4v) is 2.26. The molecule has 2 N–H and O–H groups in total. The van der Waals surface area contributed by atoms with Crippen LogP contribution in [0, 0.1) is 11.8 Å². The Morgan fingerprint density at radius 1 is 1.09 bits per heavy atom. The highest BCUT2D eigenvalue weighted by atomic mass is 16.6. The van der Waals surface area contributed by atoms with Gasteiger partial charge in [0.15, 0.2) is 0 Å².